The molecule has 5 nitrogen and oxygen atoms in total. The highest BCUT2D eigenvalue weighted by Crippen LogP contribution is 2.30. The minimum Gasteiger partial charge on any atom is -0.373 e. The molecule has 0 fully saturated rings. The molecule has 0 bridgehead atoms. The number of likely N-dealkylation sites (N-methyl/N-ethyl adjacent to an activating group) is 1. The molecule has 0 atom stereocenters. The average Bonchev–Trinajstić information content (AvgIpc) is 2.42. The zero-order chi connectivity index (χ0) is 15.1. The van der Waals surface area contributed by atoms with Crippen LogP contribution in [-0.4, -0.2) is 55.6 Å². The van der Waals surface area contributed by atoms with E-state index in [1.807, 2.05) is 7.05 Å². The van der Waals surface area contributed by atoms with Crippen molar-refractivity contribution in [2.75, 3.05) is 51.0 Å². The molecule has 0 aliphatic heterocycles. The van der Waals surface area contributed by atoms with E-state index in [9.17, 15) is 0 Å². The first-order valence-electron chi connectivity index (χ1n) is 7.43. The van der Waals surface area contributed by atoms with Crippen LogP contribution in [0.5, 0.6) is 0 Å². The Kier molecular flexibility index (Phi) is 6.71. The van der Waals surface area contributed by atoms with Crippen molar-refractivity contribution in [3.05, 3.63) is 11.9 Å². The van der Waals surface area contributed by atoms with Crippen molar-refractivity contribution in [3.63, 3.8) is 0 Å². The van der Waals surface area contributed by atoms with E-state index in [0.717, 1.165) is 37.7 Å². The van der Waals surface area contributed by atoms with Gasteiger partial charge < -0.3 is 15.1 Å². The van der Waals surface area contributed by atoms with E-state index in [2.05, 4.69) is 60.0 Å². The number of rotatable bonds is 8. The molecule has 1 heterocycles. The molecule has 1 N–H and O–H groups in total. The van der Waals surface area contributed by atoms with Gasteiger partial charge in [-0.05, 0) is 26.4 Å². The van der Waals surface area contributed by atoms with E-state index in [1.165, 1.54) is 5.56 Å². The normalized spacial score (nSPS) is 11.2. The maximum atomic E-state index is 4.56. The van der Waals surface area contributed by atoms with Gasteiger partial charge in [-0.2, -0.15) is 0 Å². The summed E-state index contributed by atoms with van der Waals surface area (Å²) >= 11 is 0. The second-order valence-corrected chi connectivity index (χ2v) is 5.65. The molecular formula is C15H29N5. The number of nitrogens with zero attached hydrogens (tertiary/aromatic N) is 4. The summed E-state index contributed by atoms with van der Waals surface area (Å²) in [6.07, 6.45) is 2.77. The summed E-state index contributed by atoms with van der Waals surface area (Å²) in [4.78, 5) is 13.5. The van der Waals surface area contributed by atoms with Crippen molar-refractivity contribution >= 4 is 11.6 Å². The van der Waals surface area contributed by atoms with Gasteiger partial charge in [-0.3, -0.25) is 0 Å². The van der Waals surface area contributed by atoms with Crippen LogP contribution in [0.2, 0.25) is 0 Å². The van der Waals surface area contributed by atoms with Crippen molar-refractivity contribution in [2.45, 2.75) is 33.1 Å². The molecular weight excluding hydrogens is 250 g/mol. The van der Waals surface area contributed by atoms with E-state index >= 15 is 0 Å². The fourth-order valence-electron chi connectivity index (χ4n) is 2.28. The Morgan fingerprint density at radius 3 is 2.35 bits per heavy atom. The second-order valence-electron chi connectivity index (χ2n) is 5.65. The molecule has 0 unspecified atom stereocenters. The predicted molar refractivity (Wildman–Crippen MR) is 86.7 cm³/mol. The summed E-state index contributed by atoms with van der Waals surface area (Å²) in [7, 11) is 6.13. The van der Waals surface area contributed by atoms with Crippen LogP contribution in [0.15, 0.2) is 6.33 Å². The Labute approximate surface area is 123 Å². The first-order valence-corrected chi connectivity index (χ1v) is 7.43. The highest BCUT2D eigenvalue weighted by Gasteiger charge is 2.18. The summed E-state index contributed by atoms with van der Waals surface area (Å²) in [5, 5.41) is 3.19. The molecule has 0 aliphatic rings. The van der Waals surface area contributed by atoms with E-state index in [1.54, 1.807) is 6.33 Å². The number of anilines is 2. The monoisotopic (exact) mass is 279 g/mol. The molecule has 0 spiro atoms. The predicted octanol–water partition coefficient (Wildman–Crippen LogP) is 2.42. The maximum Gasteiger partial charge on any atom is 0.137 e. The van der Waals surface area contributed by atoms with Crippen LogP contribution >= 0.6 is 0 Å². The van der Waals surface area contributed by atoms with Gasteiger partial charge >= 0.3 is 0 Å². The molecule has 20 heavy (non-hydrogen) atoms. The van der Waals surface area contributed by atoms with Crippen molar-refractivity contribution in [1.29, 1.82) is 0 Å². The lowest BCUT2D eigenvalue weighted by molar-refractivity contribution is 0.412. The SMILES string of the molecule is CCCN(CCN(C)C)c1ncnc(NC)c1C(C)C. The molecule has 0 saturated carbocycles. The van der Waals surface area contributed by atoms with Crippen LogP contribution in [0.4, 0.5) is 11.6 Å². The van der Waals surface area contributed by atoms with Crippen LogP contribution in [0, 0.1) is 0 Å². The van der Waals surface area contributed by atoms with Gasteiger partial charge in [0.25, 0.3) is 0 Å². The third kappa shape index (κ3) is 4.34. The molecule has 1 aromatic rings. The van der Waals surface area contributed by atoms with Gasteiger partial charge in [-0.1, -0.05) is 20.8 Å². The fraction of sp³-hybridized carbons (Fsp3) is 0.733. The van der Waals surface area contributed by atoms with Gasteiger partial charge in [0, 0.05) is 32.2 Å². The second kappa shape index (κ2) is 8.04. The minimum atomic E-state index is 0.396. The lowest BCUT2D eigenvalue weighted by atomic mass is 10.0. The first kappa shape index (κ1) is 16.7. The Hall–Kier alpha value is -1.36. The number of aromatic nitrogens is 2. The molecule has 0 aromatic carbocycles. The standard InChI is InChI=1S/C15H29N5/c1-7-8-20(10-9-19(5)6)15-13(12(2)3)14(16-4)17-11-18-15/h11-12H,7-10H2,1-6H3,(H,16,17,18). The molecule has 0 radical (unpaired) electrons. The molecule has 0 saturated heterocycles. The molecule has 0 aliphatic carbocycles. The highest BCUT2D eigenvalue weighted by atomic mass is 15.2. The highest BCUT2D eigenvalue weighted by molar-refractivity contribution is 5.60. The van der Waals surface area contributed by atoms with Crippen LogP contribution in [0.3, 0.4) is 0 Å². The third-order valence-electron chi connectivity index (χ3n) is 3.29. The largest absolute Gasteiger partial charge is 0.373 e. The number of hydrogen-bond donors (Lipinski definition) is 1. The van der Waals surface area contributed by atoms with Crippen LogP contribution in [-0.2, 0) is 0 Å². The number of hydrogen-bond acceptors (Lipinski definition) is 5. The van der Waals surface area contributed by atoms with Gasteiger partial charge in [0.05, 0.1) is 0 Å². The summed E-state index contributed by atoms with van der Waals surface area (Å²) < 4.78 is 0. The maximum absolute atomic E-state index is 4.56. The Bertz CT molecular complexity index is 403. The van der Waals surface area contributed by atoms with Crippen LogP contribution in [0.1, 0.15) is 38.7 Å². The third-order valence-corrected chi connectivity index (χ3v) is 3.29. The molecule has 5 heteroatoms. The van der Waals surface area contributed by atoms with Crippen LogP contribution < -0.4 is 10.2 Å². The van der Waals surface area contributed by atoms with Crippen molar-refractivity contribution in [2.24, 2.45) is 0 Å². The Morgan fingerprint density at radius 2 is 1.85 bits per heavy atom. The van der Waals surface area contributed by atoms with E-state index in [0.29, 0.717) is 5.92 Å². The Morgan fingerprint density at radius 1 is 1.15 bits per heavy atom. The quantitative estimate of drug-likeness (QED) is 0.792. The minimum absolute atomic E-state index is 0.396. The van der Waals surface area contributed by atoms with Crippen molar-refractivity contribution in [1.82, 2.24) is 14.9 Å². The summed E-state index contributed by atoms with van der Waals surface area (Å²) in [5.41, 5.74) is 1.21. The molecule has 0 amide bonds. The first-order chi connectivity index (χ1) is 9.51. The lowest BCUT2D eigenvalue weighted by Crippen LogP contribution is -2.34. The van der Waals surface area contributed by atoms with Gasteiger partial charge in [0.2, 0.25) is 0 Å². The smallest absolute Gasteiger partial charge is 0.137 e. The van der Waals surface area contributed by atoms with E-state index in [-0.39, 0.29) is 0 Å². The van der Waals surface area contributed by atoms with E-state index in [4.69, 9.17) is 0 Å². The fourth-order valence-corrected chi connectivity index (χ4v) is 2.28. The summed E-state index contributed by atoms with van der Waals surface area (Å²) in [5.74, 6) is 2.41. The molecule has 1 aromatic heterocycles. The topological polar surface area (TPSA) is 44.3 Å². The summed E-state index contributed by atoms with van der Waals surface area (Å²) in [6.45, 7) is 9.63. The average molecular weight is 279 g/mol. The lowest BCUT2D eigenvalue weighted by Gasteiger charge is -2.28. The van der Waals surface area contributed by atoms with Gasteiger partial charge in [0.15, 0.2) is 0 Å². The van der Waals surface area contributed by atoms with Crippen LogP contribution in [0.25, 0.3) is 0 Å². The number of nitrogens with one attached hydrogen (secondary N) is 1. The summed E-state index contributed by atoms with van der Waals surface area (Å²) in [6, 6.07) is 0. The zero-order valence-corrected chi connectivity index (χ0v) is 13.8. The molecule has 1 rings (SSSR count). The zero-order valence-electron chi connectivity index (χ0n) is 13.8. The van der Waals surface area contributed by atoms with Gasteiger partial charge in [-0.25, -0.2) is 9.97 Å². The van der Waals surface area contributed by atoms with Crippen molar-refractivity contribution < 1.29 is 0 Å². The molecule has 114 valence electrons. The van der Waals surface area contributed by atoms with E-state index < -0.39 is 0 Å². The Balaban J connectivity index is 3.11. The van der Waals surface area contributed by atoms with Gasteiger partial charge in [0.1, 0.15) is 18.0 Å². The van der Waals surface area contributed by atoms with Crippen molar-refractivity contribution in [3.8, 4) is 0 Å². The van der Waals surface area contributed by atoms with Gasteiger partial charge in [-0.15, -0.1) is 0 Å².